The second kappa shape index (κ2) is 6.08. The number of aryl methyl sites for hydroxylation is 2. The maximum Gasteiger partial charge on any atom is 0.171 e. The van der Waals surface area contributed by atoms with Crippen molar-refractivity contribution in [1.82, 2.24) is 5.32 Å². The van der Waals surface area contributed by atoms with Crippen molar-refractivity contribution in [2.75, 3.05) is 5.32 Å². The van der Waals surface area contributed by atoms with E-state index in [0.717, 1.165) is 22.8 Å². The van der Waals surface area contributed by atoms with E-state index in [1.165, 1.54) is 0 Å². The van der Waals surface area contributed by atoms with Crippen molar-refractivity contribution >= 4 is 34.6 Å². The average molecular weight is 295 g/mol. The fraction of sp³-hybridized carbons (Fsp3) is 0.214. The number of hydrogen-bond acceptors (Lipinski definition) is 2. The smallest absolute Gasteiger partial charge is 0.171 e. The first kappa shape index (κ1) is 13.9. The van der Waals surface area contributed by atoms with Gasteiger partial charge in [0.05, 0.1) is 6.54 Å². The van der Waals surface area contributed by atoms with Gasteiger partial charge in [0.15, 0.2) is 5.11 Å². The molecular weight excluding hydrogens is 280 g/mol. The molecule has 5 heteroatoms. The van der Waals surface area contributed by atoms with Crippen molar-refractivity contribution in [3.63, 3.8) is 0 Å². The van der Waals surface area contributed by atoms with E-state index >= 15 is 0 Å². The van der Waals surface area contributed by atoms with Crippen molar-refractivity contribution in [1.29, 1.82) is 0 Å². The topological polar surface area (TPSA) is 37.2 Å². The number of anilines is 1. The molecule has 1 aromatic carbocycles. The van der Waals surface area contributed by atoms with E-state index in [0.29, 0.717) is 16.7 Å². The van der Waals surface area contributed by atoms with Gasteiger partial charge < -0.3 is 15.1 Å². The molecule has 0 atom stereocenters. The summed E-state index contributed by atoms with van der Waals surface area (Å²) in [5, 5.41) is 7.50. The van der Waals surface area contributed by atoms with Crippen LogP contribution in [-0.4, -0.2) is 5.11 Å². The van der Waals surface area contributed by atoms with Crippen LogP contribution in [0, 0.1) is 13.8 Å². The van der Waals surface area contributed by atoms with Gasteiger partial charge in [-0.2, -0.15) is 0 Å². The van der Waals surface area contributed by atoms with Gasteiger partial charge in [-0.05, 0) is 62.0 Å². The van der Waals surface area contributed by atoms with Crippen LogP contribution in [0.3, 0.4) is 0 Å². The quantitative estimate of drug-likeness (QED) is 0.838. The van der Waals surface area contributed by atoms with Gasteiger partial charge in [0.25, 0.3) is 0 Å². The largest absolute Gasteiger partial charge is 0.465 e. The summed E-state index contributed by atoms with van der Waals surface area (Å²) in [6.07, 6.45) is 0. The molecule has 2 rings (SSSR count). The Morgan fingerprint density at radius 1 is 1.26 bits per heavy atom. The van der Waals surface area contributed by atoms with Gasteiger partial charge in [-0.3, -0.25) is 0 Å². The predicted molar refractivity (Wildman–Crippen MR) is 82.7 cm³/mol. The summed E-state index contributed by atoms with van der Waals surface area (Å²) >= 11 is 11.1. The summed E-state index contributed by atoms with van der Waals surface area (Å²) in [5.41, 5.74) is 1.99. The lowest BCUT2D eigenvalue weighted by Crippen LogP contribution is -2.28. The number of nitrogens with one attached hydrogen (secondary N) is 2. The maximum absolute atomic E-state index is 5.91. The summed E-state index contributed by atoms with van der Waals surface area (Å²) in [6, 6.07) is 9.48. The second-order valence-electron chi connectivity index (χ2n) is 4.28. The lowest BCUT2D eigenvalue weighted by Gasteiger charge is -2.11. The fourth-order valence-electron chi connectivity index (χ4n) is 1.68. The molecule has 0 saturated heterocycles. The number of furan rings is 1. The van der Waals surface area contributed by atoms with Crippen molar-refractivity contribution in [3.8, 4) is 0 Å². The summed E-state index contributed by atoms with van der Waals surface area (Å²) in [7, 11) is 0. The minimum absolute atomic E-state index is 0.555. The molecule has 0 unspecified atom stereocenters. The van der Waals surface area contributed by atoms with Crippen LogP contribution < -0.4 is 10.6 Å². The van der Waals surface area contributed by atoms with Crippen molar-refractivity contribution < 1.29 is 4.42 Å². The molecule has 3 nitrogen and oxygen atoms in total. The summed E-state index contributed by atoms with van der Waals surface area (Å²) in [6.45, 7) is 4.45. The molecule has 100 valence electrons. The molecule has 0 fully saturated rings. The van der Waals surface area contributed by atoms with Crippen LogP contribution in [-0.2, 0) is 6.54 Å². The number of hydrogen-bond donors (Lipinski definition) is 2. The SMILES string of the molecule is Cc1ccc(CNC(=S)Nc2ccc(Cl)cc2C)o1. The number of thiocarbonyl (C=S) groups is 1. The molecule has 0 spiro atoms. The van der Waals surface area contributed by atoms with Crippen LogP contribution in [0.25, 0.3) is 0 Å². The third kappa shape index (κ3) is 3.98. The Kier molecular flexibility index (Phi) is 4.45. The molecule has 0 saturated carbocycles. The molecule has 0 radical (unpaired) electrons. The first-order chi connectivity index (χ1) is 9.04. The maximum atomic E-state index is 5.91. The lowest BCUT2D eigenvalue weighted by atomic mass is 10.2. The average Bonchev–Trinajstić information content (AvgIpc) is 2.76. The highest BCUT2D eigenvalue weighted by Gasteiger charge is 2.03. The van der Waals surface area contributed by atoms with Gasteiger partial charge in [0.1, 0.15) is 11.5 Å². The molecule has 2 aromatic rings. The summed E-state index contributed by atoms with van der Waals surface area (Å²) in [5.74, 6) is 1.75. The molecule has 0 aliphatic heterocycles. The Hall–Kier alpha value is -1.52. The first-order valence-electron chi connectivity index (χ1n) is 5.91. The van der Waals surface area contributed by atoms with E-state index in [9.17, 15) is 0 Å². The zero-order valence-electron chi connectivity index (χ0n) is 10.8. The Bertz CT molecular complexity index is 595. The van der Waals surface area contributed by atoms with E-state index in [2.05, 4.69) is 10.6 Å². The number of benzene rings is 1. The van der Waals surface area contributed by atoms with Crippen LogP contribution in [0.2, 0.25) is 5.02 Å². The second-order valence-corrected chi connectivity index (χ2v) is 5.12. The summed E-state index contributed by atoms with van der Waals surface area (Å²) < 4.78 is 5.46. The molecule has 2 N–H and O–H groups in total. The molecule has 19 heavy (non-hydrogen) atoms. The Morgan fingerprint density at radius 2 is 2.05 bits per heavy atom. The highest BCUT2D eigenvalue weighted by Crippen LogP contribution is 2.19. The van der Waals surface area contributed by atoms with E-state index in [1.807, 2.05) is 44.2 Å². The van der Waals surface area contributed by atoms with Crippen LogP contribution in [0.1, 0.15) is 17.1 Å². The van der Waals surface area contributed by atoms with Gasteiger partial charge in [-0.25, -0.2) is 0 Å². The van der Waals surface area contributed by atoms with E-state index in [4.69, 9.17) is 28.2 Å². The highest BCUT2D eigenvalue weighted by atomic mass is 35.5. The first-order valence-corrected chi connectivity index (χ1v) is 6.69. The van der Waals surface area contributed by atoms with Crippen molar-refractivity contribution in [2.45, 2.75) is 20.4 Å². The zero-order valence-corrected chi connectivity index (χ0v) is 12.4. The van der Waals surface area contributed by atoms with Crippen LogP contribution in [0.4, 0.5) is 5.69 Å². The summed E-state index contributed by atoms with van der Waals surface area (Å²) in [4.78, 5) is 0. The molecule has 0 aliphatic carbocycles. The van der Waals surface area contributed by atoms with E-state index in [-0.39, 0.29) is 0 Å². The molecular formula is C14H15ClN2OS. The minimum Gasteiger partial charge on any atom is -0.465 e. The fourth-order valence-corrected chi connectivity index (χ4v) is 2.09. The lowest BCUT2D eigenvalue weighted by molar-refractivity contribution is 0.478. The zero-order chi connectivity index (χ0) is 13.8. The van der Waals surface area contributed by atoms with Gasteiger partial charge >= 0.3 is 0 Å². The molecule has 0 aliphatic rings. The van der Waals surface area contributed by atoms with Gasteiger partial charge in [-0.15, -0.1) is 0 Å². The minimum atomic E-state index is 0.555. The standard InChI is InChI=1S/C14H15ClN2OS/c1-9-7-11(15)4-6-13(9)17-14(19)16-8-12-5-3-10(2)18-12/h3-7H,8H2,1-2H3,(H2,16,17,19). The van der Waals surface area contributed by atoms with Gasteiger partial charge in [-0.1, -0.05) is 11.6 Å². The Morgan fingerprint density at radius 3 is 2.68 bits per heavy atom. The van der Waals surface area contributed by atoms with Crippen molar-refractivity contribution in [2.24, 2.45) is 0 Å². The monoisotopic (exact) mass is 294 g/mol. The Balaban J connectivity index is 1.90. The Labute approximate surface area is 123 Å². The number of rotatable bonds is 3. The highest BCUT2D eigenvalue weighted by molar-refractivity contribution is 7.80. The van der Waals surface area contributed by atoms with Crippen LogP contribution in [0.5, 0.6) is 0 Å². The van der Waals surface area contributed by atoms with E-state index in [1.54, 1.807) is 0 Å². The van der Waals surface area contributed by atoms with Crippen LogP contribution >= 0.6 is 23.8 Å². The van der Waals surface area contributed by atoms with Crippen LogP contribution in [0.15, 0.2) is 34.7 Å². The third-order valence-electron chi connectivity index (χ3n) is 2.66. The molecule has 0 bridgehead atoms. The predicted octanol–water partition coefficient (Wildman–Crippen LogP) is 4.04. The molecule has 0 amide bonds. The third-order valence-corrected chi connectivity index (χ3v) is 3.14. The normalized spacial score (nSPS) is 10.3. The van der Waals surface area contributed by atoms with Gasteiger partial charge in [0.2, 0.25) is 0 Å². The van der Waals surface area contributed by atoms with E-state index < -0.39 is 0 Å². The van der Waals surface area contributed by atoms with Gasteiger partial charge in [0, 0.05) is 10.7 Å². The molecule has 1 heterocycles. The number of halogens is 1. The van der Waals surface area contributed by atoms with Crippen molar-refractivity contribution in [3.05, 3.63) is 52.4 Å². The molecule has 1 aromatic heterocycles.